The fourth-order valence-corrected chi connectivity index (χ4v) is 3.74. The summed E-state index contributed by atoms with van der Waals surface area (Å²) >= 11 is 0. The van der Waals surface area contributed by atoms with Crippen molar-refractivity contribution in [3.05, 3.63) is 83.0 Å². The predicted octanol–water partition coefficient (Wildman–Crippen LogP) is 5.94. The molecule has 4 nitrogen and oxygen atoms in total. The predicted molar refractivity (Wildman–Crippen MR) is 114 cm³/mol. The van der Waals surface area contributed by atoms with E-state index in [0.717, 1.165) is 22.3 Å². The molecule has 0 bridgehead atoms. The first-order chi connectivity index (χ1) is 13.3. The summed E-state index contributed by atoms with van der Waals surface area (Å²) in [4.78, 5) is 28.3. The minimum Gasteiger partial charge on any atom is -0.307 e. The molecule has 2 aromatic carbocycles. The van der Waals surface area contributed by atoms with Crippen molar-refractivity contribution in [3.8, 4) is 0 Å². The third-order valence-electron chi connectivity index (χ3n) is 6.06. The van der Waals surface area contributed by atoms with Crippen LogP contribution in [0.25, 0.3) is 0 Å². The van der Waals surface area contributed by atoms with Crippen molar-refractivity contribution in [2.75, 3.05) is 10.2 Å². The maximum absolute atomic E-state index is 13.8. The normalized spacial score (nSPS) is 15.6. The highest BCUT2D eigenvalue weighted by molar-refractivity contribution is 6.21. The minimum atomic E-state index is -0.849. The quantitative estimate of drug-likeness (QED) is 0.722. The number of rotatable bonds is 3. The highest BCUT2D eigenvalue weighted by atomic mass is 16.2. The van der Waals surface area contributed by atoms with E-state index in [2.05, 4.69) is 5.32 Å². The zero-order valence-electron chi connectivity index (χ0n) is 17.0. The fraction of sp³-hybridized carbons (Fsp3) is 0.250. The smallest absolute Gasteiger partial charge is 0.307 e. The lowest BCUT2D eigenvalue weighted by Gasteiger charge is -2.33. The number of amides is 3. The number of carbonyl (C=O) groups is 2. The van der Waals surface area contributed by atoms with E-state index >= 15 is 0 Å². The SMILES string of the molecule is CC1=C(C)C(C)(C(=O)N(C(=O)Nc2ccccc2)c2ccccc2)C(C)=C1C. The molecular formula is C24H26N2O2. The number of allylic oxidation sites excluding steroid dienone is 2. The number of anilines is 2. The van der Waals surface area contributed by atoms with Gasteiger partial charge in [-0.15, -0.1) is 0 Å². The molecule has 0 saturated heterocycles. The largest absolute Gasteiger partial charge is 0.333 e. The van der Waals surface area contributed by atoms with Gasteiger partial charge in [0.25, 0.3) is 0 Å². The summed E-state index contributed by atoms with van der Waals surface area (Å²) in [5.41, 5.74) is 4.55. The Hall–Kier alpha value is -3.14. The fourth-order valence-electron chi connectivity index (χ4n) is 3.74. The van der Waals surface area contributed by atoms with Crippen molar-refractivity contribution < 1.29 is 9.59 Å². The molecule has 0 aromatic heterocycles. The Morgan fingerprint density at radius 2 is 1.25 bits per heavy atom. The zero-order valence-corrected chi connectivity index (χ0v) is 17.0. The first kappa shape index (κ1) is 19.6. The van der Waals surface area contributed by atoms with E-state index in [0.29, 0.717) is 11.4 Å². The standard InChI is InChI=1S/C24H26N2O2/c1-16-17(2)19(4)24(5,18(16)3)22(27)26(21-14-10-7-11-15-21)23(28)25-20-12-8-6-9-13-20/h6-15H,1-5H3,(H,25,28). The van der Waals surface area contributed by atoms with Crippen LogP contribution in [-0.4, -0.2) is 11.9 Å². The molecule has 0 unspecified atom stereocenters. The second-order valence-corrected chi connectivity index (χ2v) is 7.40. The van der Waals surface area contributed by atoms with Gasteiger partial charge in [-0.3, -0.25) is 4.79 Å². The Morgan fingerprint density at radius 3 is 1.75 bits per heavy atom. The van der Waals surface area contributed by atoms with Gasteiger partial charge in [-0.1, -0.05) is 47.5 Å². The molecule has 0 fully saturated rings. The van der Waals surface area contributed by atoms with Gasteiger partial charge in [-0.05, 0) is 70.0 Å². The van der Waals surface area contributed by atoms with E-state index < -0.39 is 11.4 Å². The Bertz CT molecular complexity index is 948. The molecule has 1 aliphatic carbocycles. The van der Waals surface area contributed by atoms with Gasteiger partial charge in [0.2, 0.25) is 5.91 Å². The lowest BCUT2D eigenvalue weighted by atomic mass is 9.78. The van der Waals surface area contributed by atoms with Crippen LogP contribution in [0.5, 0.6) is 0 Å². The van der Waals surface area contributed by atoms with E-state index in [1.807, 2.05) is 71.0 Å². The Morgan fingerprint density at radius 1 is 0.786 bits per heavy atom. The summed E-state index contributed by atoms with van der Waals surface area (Å²) in [7, 11) is 0. The average molecular weight is 374 g/mol. The summed E-state index contributed by atoms with van der Waals surface area (Å²) in [5, 5.41) is 2.85. The van der Waals surface area contributed by atoms with Gasteiger partial charge in [0.15, 0.2) is 0 Å². The van der Waals surface area contributed by atoms with Gasteiger partial charge < -0.3 is 5.32 Å². The highest BCUT2D eigenvalue weighted by Gasteiger charge is 2.46. The Labute approximate surface area is 166 Å². The summed E-state index contributed by atoms with van der Waals surface area (Å²) in [6.07, 6.45) is 0. The van der Waals surface area contributed by atoms with Crippen LogP contribution in [0.2, 0.25) is 0 Å². The molecule has 4 heteroatoms. The first-order valence-electron chi connectivity index (χ1n) is 9.40. The van der Waals surface area contributed by atoms with Crippen molar-refractivity contribution >= 4 is 23.3 Å². The van der Waals surface area contributed by atoms with Gasteiger partial charge in [0, 0.05) is 5.69 Å². The van der Waals surface area contributed by atoms with E-state index in [9.17, 15) is 9.59 Å². The molecule has 1 N–H and O–H groups in total. The number of imide groups is 1. The summed E-state index contributed by atoms with van der Waals surface area (Å²) in [6.45, 7) is 9.93. The van der Waals surface area contributed by atoms with Crippen LogP contribution in [-0.2, 0) is 4.79 Å². The van der Waals surface area contributed by atoms with Crippen molar-refractivity contribution in [1.82, 2.24) is 0 Å². The Kier molecular flexibility index (Phi) is 5.23. The molecule has 1 aliphatic rings. The van der Waals surface area contributed by atoms with Crippen molar-refractivity contribution in [2.45, 2.75) is 34.6 Å². The molecule has 2 aromatic rings. The molecule has 3 amide bonds. The van der Waals surface area contributed by atoms with Gasteiger partial charge >= 0.3 is 6.03 Å². The van der Waals surface area contributed by atoms with Crippen molar-refractivity contribution in [2.24, 2.45) is 5.41 Å². The lowest BCUT2D eigenvalue weighted by Crippen LogP contribution is -2.48. The third kappa shape index (κ3) is 3.15. The van der Waals surface area contributed by atoms with Crippen LogP contribution < -0.4 is 10.2 Å². The Balaban J connectivity index is 2.05. The topological polar surface area (TPSA) is 49.4 Å². The van der Waals surface area contributed by atoms with Gasteiger partial charge in [0.1, 0.15) is 0 Å². The van der Waals surface area contributed by atoms with Gasteiger partial charge in [-0.2, -0.15) is 0 Å². The number of nitrogens with one attached hydrogen (secondary N) is 1. The third-order valence-corrected chi connectivity index (χ3v) is 6.06. The number of urea groups is 1. The highest BCUT2D eigenvalue weighted by Crippen LogP contribution is 2.48. The summed E-state index contributed by atoms with van der Waals surface area (Å²) in [6, 6.07) is 17.8. The number of carbonyl (C=O) groups excluding carboxylic acids is 2. The minimum absolute atomic E-state index is 0.252. The monoisotopic (exact) mass is 374 g/mol. The van der Waals surface area contributed by atoms with Crippen LogP contribution in [0.1, 0.15) is 34.6 Å². The maximum atomic E-state index is 13.8. The second-order valence-electron chi connectivity index (χ2n) is 7.40. The summed E-state index contributed by atoms with van der Waals surface area (Å²) in [5.74, 6) is -0.252. The van der Waals surface area contributed by atoms with E-state index in [-0.39, 0.29) is 5.91 Å². The summed E-state index contributed by atoms with van der Waals surface area (Å²) < 4.78 is 0. The molecule has 0 saturated carbocycles. The van der Waals surface area contributed by atoms with Gasteiger partial charge in [-0.25, -0.2) is 9.69 Å². The number of hydrogen-bond acceptors (Lipinski definition) is 2. The molecule has 0 spiro atoms. The van der Waals surface area contributed by atoms with Crippen LogP contribution in [0.4, 0.5) is 16.2 Å². The zero-order chi connectivity index (χ0) is 20.5. The van der Waals surface area contributed by atoms with Crippen molar-refractivity contribution in [1.29, 1.82) is 0 Å². The average Bonchev–Trinajstić information content (AvgIpc) is 2.86. The van der Waals surface area contributed by atoms with E-state index in [1.165, 1.54) is 4.90 Å². The molecule has 144 valence electrons. The molecule has 28 heavy (non-hydrogen) atoms. The molecule has 0 aliphatic heterocycles. The molecule has 0 atom stereocenters. The molecule has 0 radical (unpaired) electrons. The molecular weight excluding hydrogens is 348 g/mol. The number of para-hydroxylation sites is 2. The van der Waals surface area contributed by atoms with Crippen LogP contribution in [0.3, 0.4) is 0 Å². The lowest BCUT2D eigenvalue weighted by molar-refractivity contribution is -0.123. The number of benzene rings is 2. The van der Waals surface area contributed by atoms with Gasteiger partial charge in [0.05, 0.1) is 11.1 Å². The van der Waals surface area contributed by atoms with Crippen LogP contribution >= 0.6 is 0 Å². The van der Waals surface area contributed by atoms with Crippen LogP contribution in [0.15, 0.2) is 83.0 Å². The molecule has 0 heterocycles. The van der Waals surface area contributed by atoms with Crippen LogP contribution in [0, 0.1) is 5.41 Å². The maximum Gasteiger partial charge on any atom is 0.333 e. The number of hydrogen-bond donors (Lipinski definition) is 1. The van der Waals surface area contributed by atoms with E-state index in [4.69, 9.17) is 0 Å². The molecule has 3 rings (SSSR count). The second kappa shape index (κ2) is 7.47. The van der Waals surface area contributed by atoms with E-state index in [1.54, 1.807) is 24.3 Å². The van der Waals surface area contributed by atoms with Crippen molar-refractivity contribution in [3.63, 3.8) is 0 Å². The first-order valence-corrected chi connectivity index (χ1v) is 9.40. The number of nitrogens with zero attached hydrogens (tertiary/aromatic N) is 1.